The normalized spacial score (nSPS) is 20.9. The van der Waals surface area contributed by atoms with E-state index in [-0.39, 0.29) is 21.8 Å². The number of hydrogen-bond acceptors (Lipinski definition) is 3. The van der Waals surface area contributed by atoms with E-state index in [9.17, 15) is 0 Å². The van der Waals surface area contributed by atoms with Crippen LogP contribution in [0.3, 0.4) is 0 Å². The van der Waals surface area contributed by atoms with Crippen molar-refractivity contribution in [3.05, 3.63) is 23.7 Å². The summed E-state index contributed by atoms with van der Waals surface area (Å²) >= 11 is 1.60. The van der Waals surface area contributed by atoms with Crippen molar-refractivity contribution in [3.8, 4) is 0 Å². The van der Waals surface area contributed by atoms with Crippen LogP contribution in [-0.4, -0.2) is 6.11 Å². The smallest absolute Gasteiger partial charge is 0.148 e. The molecule has 0 radical (unpaired) electrons. The van der Waals surface area contributed by atoms with Crippen LogP contribution in [0.2, 0.25) is 0 Å². The van der Waals surface area contributed by atoms with Gasteiger partial charge in [0.1, 0.15) is 5.46 Å². The highest BCUT2D eigenvalue weighted by atomic mass is 32.2. The molecular formula is C8H7NS2. The zero-order valence-corrected chi connectivity index (χ0v) is 6.90. The Morgan fingerprint density at radius 3 is 3.64 bits per heavy atom. The molecule has 56 valence electrons. The summed E-state index contributed by atoms with van der Waals surface area (Å²) in [6.45, 7) is -2.56. The highest BCUT2D eigenvalue weighted by Gasteiger charge is 2.01. The summed E-state index contributed by atoms with van der Waals surface area (Å²) in [7, 11) is 0. The summed E-state index contributed by atoms with van der Waals surface area (Å²) in [5.41, 5.74) is -0.268. The molecule has 2 rings (SSSR count). The number of para-hydroxylation sites is 1. The van der Waals surface area contributed by atoms with Gasteiger partial charge >= 0.3 is 0 Å². The van der Waals surface area contributed by atoms with Crippen LogP contribution in [0.15, 0.2) is 22.5 Å². The highest BCUT2D eigenvalue weighted by Crippen LogP contribution is 2.25. The zero-order chi connectivity index (χ0) is 13.7. The lowest BCUT2D eigenvalue weighted by atomic mass is 10.2. The predicted octanol–water partition coefficient (Wildman–Crippen LogP) is 2.89. The molecule has 0 saturated heterocycles. The first kappa shape index (κ1) is 2.75. The van der Waals surface area contributed by atoms with E-state index in [1.54, 1.807) is 0 Å². The van der Waals surface area contributed by atoms with Crippen LogP contribution in [0.25, 0.3) is 10.2 Å². The molecule has 2 aromatic rings. The van der Waals surface area contributed by atoms with E-state index in [0.717, 1.165) is 11.3 Å². The molecule has 3 heteroatoms. The molecule has 0 aliphatic heterocycles. The fourth-order valence-corrected chi connectivity index (χ4v) is 1.76. The Balaban J connectivity index is 2.95. The Bertz CT molecular complexity index is 618. The largest absolute Gasteiger partial charge is 0.230 e. The Kier molecular flexibility index (Phi) is 0.624. The molecule has 0 saturated carbocycles. The lowest BCUT2D eigenvalue weighted by molar-refractivity contribution is 1.29. The van der Waals surface area contributed by atoms with Crippen molar-refractivity contribution in [1.82, 2.24) is 4.98 Å². The van der Waals surface area contributed by atoms with Gasteiger partial charge in [-0.15, -0.1) is 23.9 Å². The van der Waals surface area contributed by atoms with E-state index in [2.05, 4.69) is 4.98 Å². The summed E-state index contributed by atoms with van der Waals surface area (Å²) in [6.07, 6.45) is 0. The van der Waals surface area contributed by atoms with Gasteiger partial charge in [-0.1, -0.05) is 12.1 Å². The minimum absolute atomic E-state index is 0.0424. The second-order valence-electron chi connectivity index (χ2n) is 1.91. The van der Waals surface area contributed by atoms with Crippen molar-refractivity contribution in [2.75, 3.05) is 0 Å². The topological polar surface area (TPSA) is 12.9 Å². The van der Waals surface area contributed by atoms with Gasteiger partial charge in [0.05, 0.1) is 14.3 Å². The number of aromatic nitrogens is 1. The third kappa shape index (κ3) is 1.14. The molecule has 0 aliphatic rings. The van der Waals surface area contributed by atoms with Crippen molar-refractivity contribution in [1.29, 1.82) is 1.12 Å². The van der Waals surface area contributed by atoms with Crippen LogP contribution >= 0.6 is 23.9 Å². The van der Waals surface area contributed by atoms with Crippen molar-refractivity contribution in [3.63, 3.8) is 0 Å². The predicted molar refractivity (Wildman–Crippen MR) is 51.6 cm³/mol. The van der Waals surface area contributed by atoms with Crippen LogP contribution in [0.5, 0.6) is 0 Å². The van der Waals surface area contributed by atoms with Crippen LogP contribution in [0, 0.1) is 6.85 Å². The molecule has 0 spiro atoms. The number of nitrogens with zero attached hydrogens (tertiary/aromatic N) is 1. The van der Waals surface area contributed by atoms with E-state index in [1.165, 1.54) is 0 Å². The zero-order valence-electron chi connectivity index (χ0n) is 12.3. The summed E-state index contributed by atoms with van der Waals surface area (Å²) in [5, 5.41) is 0. The Morgan fingerprint density at radius 2 is 2.82 bits per heavy atom. The maximum Gasteiger partial charge on any atom is 0.148 e. The van der Waals surface area contributed by atoms with Gasteiger partial charge in [0.15, 0.2) is 0 Å². The van der Waals surface area contributed by atoms with Crippen LogP contribution in [0.4, 0.5) is 0 Å². The minimum atomic E-state index is -2.56. The number of benzene rings is 1. The molecule has 0 unspecified atom stereocenters. The van der Waals surface area contributed by atoms with Crippen molar-refractivity contribution >= 4 is 34.1 Å². The molecule has 0 amide bonds. The quantitative estimate of drug-likeness (QED) is 0.679. The van der Waals surface area contributed by atoms with E-state index < -0.39 is 18.9 Å². The first-order chi connectivity index (χ1) is 8.27. The summed E-state index contributed by atoms with van der Waals surface area (Å²) in [4.78, 5) is 3.97. The van der Waals surface area contributed by atoms with Crippen molar-refractivity contribution in [2.45, 2.75) is 11.2 Å². The standard InChI is InChI=1S/C8H7NS2/c1-5-3-2-4-6-7(5)9-8(10)11-6/h2-4H,1H3,(H,9,10)/i1D3,2D,3D,4D/hD. The number of hydrogen-bond donors (Lipinski definition) is 1. The fourth-order valence-electron chi connectivity index (χ4n) is 0.764. The first-order valence-corrected chi connectivity index (χ1v) is 4.03. The molecule has 0 aliphatic carbocycles. The lowest BCUT2D eigenvalue weighted by Gasteiger charge is -1.90. The Hall–Kier alpha value is -0.540. The number of fused-ring (bicyclic) bond motifs is 1. The van der Waals surface area contributed by atoms with Gasteiger partial charge in [-0.2, -0.15) is 0 Å². The molecule has 0 bridgehead atoms. The number of rotatable bonds is 1. The second-order valence-corrected chi connectivity index (χ2v) is 3.55. The molecule has 1 aromatic heterocycles. The maximum absolute atomic E-state index is 7.73. The molecular weight excluding hydrogens is 174 g/mol. The molecule has 1 aromatic carbocycles. The molecule has 1 nitrogen and oxygen atoms in total. The second kappa shape index (κ2) is 2.50. The maximum atomic E-state index is 7.73. The third-order valence-electron chi connectivity index (χ3n) is 1.21. The average Bonchev–Trinajstić information content (AvgIpc) is 2.68. The summed E-state index contributed by atoms with van der Waals surface area (Å²) in [6, 6.07) is -1.11. The minimum Gasteiger partial charge on any atom is -0.230 e. The molecule has 0 N–H and O–H groups in total. The SMILES string of the molecule is [2H]Sc1nc2c(C([2H])([2H])[2H])c([2H])c([2H])c([2H])c2s1. The van der Waals surface area contributed by atoms with Gasteiger partial charge in [0, 0.05) is 4.11 Å². The van der Waals surface area contributed by atoms with Gasteiger partial charge in [-0.25, -0.2) is 4.98 Å². The van der Waals surface area contributed by atoms with Gasteiger partial charge in [0.25, 0.3) is 0 Å². The van der Waals surface area contributed by atoms with Crippen LogP contribution < -0.4 is 0 Å². The number of thiol groups is 1. The van der Waals surface area contributed by atoms with Crippen LogP contribution in [0.1, 0.15) is 13.8 Å². The van der Waals surface area contributed by atoms with Gasteiger partial charge in [-0.3, -0.25) is 0 Å². The monoisotopic (exact) mass is 188 g/mol. The Morgan fingerprint density at radius 1 is 1.82 bits per heavy atom. The Labute approximate surface area is 84.0 Å². The summed E-state index contributed by atoms with van der Waals surface area (Å²) < 4.78 is 52.9. The van der Waals surface area contributed by atoms with E-state index in [1.807, 2.05) is 0 Å². The molecule has 1 heterocycles. The molecule has 0 atom stereocenters. The average molecular weight is 188 g/mol. The fraction of sp³-hybridized carbons (Fsp3) is 0.125. The number of thiazole rings is 1. The van der Waals surface area contributed by atoms with E-state index in [4.69, 9.17) is 9.35 Å². The van der Waals surface area contributed by atoms with Crippen molar-refractivity contribution < 1.29 is 8.22 Å². The molecule has 0 fully saturated rings. The third-order valence-corrected chi connectivity index (χ3v) is 2.31. The number of aryl methyl sites for hydroxylation is 1. The highest BCUT2D eigenvalue weighted by molar-refractivity contribution is 7.82. The van der Waals surface area contributed by atoms with Gasteiger partial charge in [-0.05, 0) is 18.5 Å². The van der Waals surface area contributed by atoms with Gasteiger partial charge < -0.3 is 0 Å². The summed E-state index contributed by atoms with van der Waals surface area (Å²) in [5.74, 6) is 0. The van der Waals surface area contributed by atoms with Crippen LogP contribution in [-0.2, 0) is 0 Å². The molecule has 11 heavy (non-hydrogen) atoms. The first-order valence-electron chi connectivity index (χ1n) is 6.22. The van der Waals surface area contributed by atoms with Gasteiger partial charge in [0.2, 0.25) is 0 Å². The van der Waals surface area contributed by atoms with Crippen molar-refractivity contribution in [2.24, 2.45) is 0 Å². The van der Waals surface area contributed by atoms with E-state index >= 15 is 0 Å². The van der Waals surface area contributed by atoms with E-state index in [0.29, 0.717) is 16.9 Å². The lowest BCUT2D eigenvalue weighted by Crippen LogP contribution is -1.73.